The van der Waals surface area contributed by atoms with E-state index in [0.29, 0.717) is 13.2 Å². The lowest BCUT2D eigenvalue weighted by molar-refractivity contribution is -0.134. The number of carbonyl (C=O) groups is 2. The van der Waals surface area contributed by atoms with E-state index >= 15 is 0 Å². The fourth-order valence-corrected chi connectivity index (χ4v) is 2.49. The Balaban J connectivity index is 2.29. The lowest BCUT2D eigenvalue weighted by Gasteiger charge is -2.30. The van der Waals surface area contributed by atoms with E-state index in [2.05, 4.69) is 10.6 Å². The summed E-state index contributed by atoms with van der Waals surface area (Å²) in [5, 5.41) is 5.92. The molecule has 0 spiro atoms. The molecule has 1 aliphatic rings. The van der Waals surface area contributed by atoms with E-state index in [1.165, 1.54) is 6.42 Å². The summed E-state index contributed by atoms with van der Waals surface area (Å²) in [4.78, 5) is 26.1. The molecule has 2 amide bonds. The number of piperidine rings is 1. The second kappa shape index (κ2) is 9.73. The minimum absolute atomic E-state index is 0.0793. The van der Waals surface area contributed by atoms with Crippen LogP contribution >= 0.6 is 0 Å². The minimum atomic E-state index is -0.378. The average molecular weight is 299 g/mol. The third-order valence-electron chi connectivity index (χ3n) is 3.76. The van der Waals surface area contributed by atoms with Crippen LogP contribution in [0.2, 0.25) is 0 Å². The Morgan fingerprint density at radius 2 is 1.81 bits per heavy atom. The second-order valence-corrected chi connectivity index (χ2v) is 5.63. The van der Waals surface area contributed by atoms with Gasteiger partial charge in [-0.1, -0.05) is 0 Å². The van der Waals surface area contributed by atoms with Gasteiger partial charge in [0, 0.05) is 33.4 Å². The van der Waals surface area contributed by atoms with Gasteiger partial charge in [0.1, 0.15) is 0 Å². The lowest BCUT2D eigenvalue weighted by atomic mass is 10.1. The number of nitrogens with zero attached hydrogens (tertiary/aromatic N) is 1. The molecule has 2 atom stereocenters. The molecule has 0 saturated carbocycles. The van der Waals surface area contributed by atoms with Crippen molar-refractivity contribution in [1.82, 2.24) is 15.5 Å². The maximum Gasteiger partial charge on any atom is 0.239 e. The van der Waals surface area contributed by atoms with Crippen molar-refractivity contribution in [2.24, 2.45) is 0 Å². The molecule has 0 radical (unpaired) electrons. The Labute approximate surface area is 127 Å². The molecule has 1 aliphatic heterocycles. The van der Waals surface area contributed by atoms with Crippen molar-refractivity contribution >= 4 is 11.8 Å². The molecule has 6 heteroatoms. The zero-order chi connectivity index (χ0) is 15.7. The predicted octanol–water partition coefficient (Wildman–Crippen LogP) is 0.518. The number of likely N-dealkylation sites (tertiary alicyclic amines) is 1. The summed E-state index contributed by atoms with van der Waals surface area (Å²) in [6, 6.07) is -0.709. The first-order chi connectivity index (χ1) is 10.1. The highest BCUT2D eigenvalue weighted by Crippen LogP contribution is 2.10. The number of hydrogen-bond acceptors (Lipinski definition) is 4. The maximum atomic E-state index is 12.3. The van der Waals surface area contributed by atoms with Crippen LogP contribution in [0, 0.1) is 0 Å². The SMILES string of the molecule is COCCCNC(=O)C(C)NC(C)C(=O)N1CCCCC1. The highest BCUT2D eigenvalue weighted by molar-refractivity contribution is 5.84. The van der Waals surface area contributed by atoms with Crippen molar-refractivity contribution in [3.8, 4) is 0 Å². The van der Waals surface area contributed by atoms with Gasteiger partial charge in [-0.3, -0.25) is 14.9 Å². The van der Waals surface area contributed by atoms with Gasteiger partial charge in [0.15, 0.2) is 0 Å². The summed E-state index contributed by atoms with van der Waals surface area (Å²) in [6.07, 6.45) is 4.14. The molecule has 2 N–H and O–H groups in total. The van der Waals surface area contributed by atoms with Gasteiger partial charge in [0.25, 0.3) is 0 Å². The van der Waals surface area contributed by atoms with Crippen LogP contribution in [0.25, 0.3) is 0 Å². The predicted molar refractivity (Wildman–Crippen MR) is 82.0 cm³/mol. The zero-order valence-electron chi connectivity index (χ0n) is 13.5. The number of amides is 2. The van der Waals surface area contributed by atoms with E-state index in [0.717, 1.165) is 32.4 Å². The summed E-state index contributed by atoms with van der Waals surface area (Å²) in [5.74, 6) is 0.0122. The van der Waals surface area contributed by atoms with Gasteiger partial charge >= 0.3 is 0 Å². The zero-order valence-corrected chi connectivity index (χ0v) is 13.5. The number of hydrogen-bond donors (Lipinski definition) is 2. The Kier molecular flexibility index (Phi) is 8.30. The third kappa shape index (κ3) is 6.44. The largest absolute Gasteiger partial charge is 0.385 e. The van der Waals surface area contributed by atoms with E-state index in [9.17, 15) is 9.59 Å². The minimum Gasteiger partial charge on any atom is -0.385 e. The molecule has 1 saturated heterocycles. The van der Waals surface area contributed by atoms with Gasteiger partial charge in [-0.05, 0) is 39.5 Å². The molecule has 6 nitrogen and oxygen atoms in total. The Morgan fingerprint density at radius 3 is 2.43 bits per heavy atom. The van der Waals surface area contributed by atoms with Crippen LogP contribution < -0.4 is 10.6 Å². The van der Waals surface area contributed by atoms with Gasteiger partial charge < -0.3 is 15.0 Å². The summed E-state index contributed by atoms with van der Waals surface area (Å²) >= 11 is 0. The molecule has 122 valence electrons. The Bertz CT molecular complexity index is 330. The number of methoxy groups -OCH3 is 1. The van der Waals surface area contributed by atoms with Crippen LogP contribution in [0.4, 0.5) is 0 Å². The number of carbonyl (C=O) groups excluding carboxylic acids is 2. The second-order valence-electron chi connectivity index (χ2n) is 5.63. The summed E-state index contributed by atoms with van der Waals surface area (Å²) in [5.41, 5.74) is 0. The van der Waals surface area contributed by atoms with E-state index in [1.54, 1.807) is 14.0 Å². The van der Waals surface area contributed by atoms with Crippen molar-refractivity contribution in [3.63, 3.8) is 0 Å². The normalized spacial score (nSPS) is 18.1. The van der Waals surface area contributed by atoms with Crippen LogP contribution in [0.3, 0.4) is 0 Å². The Hall–Kier alpha value is -1.14. The van der Waals surface area contributed by atoms with Crippen LogP contribution in [0.5, 0.6) is 0 Å². The number of nitrogens with one attached hydrogen (secondary N) is 2. The van der Waals surface area contributed by atoms with Gasteiger partial charge in [-0.15, -0.1) is 0 Å². The molecular formula is C15H29N3O3. The van der Waals surface area contributed by atoms with Gasteiger partial charge in [0.05, 0.1) is 12.1 Å². The fraction of sp³-hybridized carbons (Fsp3) is 0.867. The third-order valence-corrected chi connectivity index (χ3v) is 3.76. The molecule has 1 rings (SSSR count). The molecule has 0 aromatic rings. The molecule has 0 bridgehead atoms. The van der Waals surface area contributed by atoms with Crippen molar-refractivity contribution in [2.75, 3.05) is 33.4 Å². The first-order valence-electron chi connectivity index (χ1n) is 7.87. The molecule has 21 heavy (non-hydrogen) atoms. The van der Waals surface area contributed by atoms with Crippen molar-refractivity contribution in [1.29, 1.82) is 0 Å². The standard InChI is InChI=1S/C15H29N3O3/c1-12(14(19)16-8-7-11-21-3)17-13(2)15(20)18-9-5-4-6-10-18/h12-13,17H,4-11H2,1-3H3,(H,16,19). The molecule has 1 fully saturated rings. The first kappa shape index (κ1) is 17.9. The van der Waals surface area contributed by atoms with Crippen molar-refractivity contribution in [3.05, 3.63) is 0 Å². The quantitative estimate of drug-likeness (QED) is 0.641. The maximum absolute atomic E-state index is 12.3. The highest BCUT2D eigenvalue weighted by Gasteiger charge is 2.24. The summed E-state index contributed by atoms with van der Waals surface area (Å²) < 4.78 is 4.93. The van der Waals surface area contributed by atoms with Crippen molar-refractivity contribution < 1.29 is 14.3 Å². The van der Waals surface area contributed by atoms with Crippen LogP contribution in [0.15, 0.2) is 0 Å². The monoisotopic (exact) mass is 299 g/mol. The smallest absolute Gasteiger partial charge is 0.239 e. The van der Waals surface area contributed by atoms with Crippen LogP contribution in [-0.4, -0.2) is 62.1 Å². The van der Waals surface area contributed by atoms with E-state index < -0.39 is 0 Å². The average Bonchev–Trinajstić information content (AvgIpc) is 2.51. The molecule has 0 aromatic carbocycles. The summed E-state index contributed by atoms with van der Waals surface area (Å²) in [6.45, 7) is 6.50. The summed E-state index contributed by atoms with van der Waals surface area (Å²) in [7, 11) is 1.64. The molecule has 0 aliphatic carbocycles. The number of ether oxygens (including phenoxy) is 1. The number of rotatable bonds is 8. The van der Waals surface area contributed by atoms with Crippen molar-refractivity contribution in [2.45, 2.75) is 51.6 Å². The van der Waals surface area contributed by atoms with Gasteiger partial charge in [0.2, 0.25) is 11.8 Å². The molecule has 1 heterocycles. The first-order valence-corrected chi connectivity index (χ1v) is 7.87. The molecule has 0 aromatic heterocycles. The van der Waals surface area contributed by atoms with Gasteiger partial charge in [-0.25, -0.2) is 0 Å². The topological polar surface area (TPSA) is 70.7 Å². The molecule has 2 unspecified atom stereocenters. The fourth-order valence-electron chi connectivity index (χ4n) is 2.49. The van der Waals surface area contributed by atoms with E-state index in [4.69, 9.17) is 4.74 Å². The molecular weight excluding hydrogens is 270 g/mol. The van der Waals surface area contributed by atoms with Gasteiger partial charge in [-0.2, -0.15) is 0 Å². The lowest BCUT2D eigenvalue weighted by Crippen LogP contribution is -2.52. The van der Waals surface area contributed by atoms with Crippen LogP contribution in [0.1, 0.15) is 39.5 Å². The van der Waals surface area contributed by atoms with Crippen LogP contribution in [-0.2, 0) is 14.3 Å². The Morgan fingerprint density at radius 1 is 1.14 bits per heavy atom. The van der Waals surface area contributed by atoms with E-state index in [1.807, 2.05) is 11.8 Å². The van der Waals surface area contributed by atoms with E-state index in [-0.39, 0.29) is 23.9 Å². The highest BCUT2D eigenvalue weighted by atomic mass is 16.5.